The van der Waals surface area contributed by atoms with Gasteiger partial charge in [-0.1, -0.05) is 0 Å². The molecule has 0 aromatic carbocycles. The van der Waals surface area contributed by atoms with E-state index >= 15 is 0 Å². The molecule has 0 unspecified atom stereocenters. The predicted molar refractivity (Wildman–Crippen MR) is 61.1 cm³/mol. The Hall–Kier alpha value is -1.89. The second kappa shape index (κ2) is 4.96. The first-order chi connectivity index (χ1) is 8.16. The third kappa shape index (κ3) is 3.28. The van der Waals surface area contributed by atoms with Gasteiger partial charge in [0.1, 0.15) is 0 Å². The summed E-state index contributed by atoms with van der Waals surface area (Å²) in [4.78, 5) is 33.9. The maximum Gasteiger partial charge on any atom is 0.327 e. The lowest BCUT2D eigenvalue weighted by Gasteiger charge is -2.06. The Kier molecular flexibility index (Phi) is 3.38. The number of hydrogen-bond acceptors (Lipinski definition) is 4. The molecule has 6 nitrogen and oxygen atoms in total. The standard InChI is InChI=1S/C10H11N3O3S/c14-8(6-3-4-17-5-6)12-13-10(16)9(15)11-7-1-2-7/h3-5,7H,1-2H2,(H,11,15)(H,12,14)(H,13,16). The molecule has 1 aliphatic carbocycles. The van der Waals surface area contributed by atoms with Gasteiger partial charge in [-0.2, -0.15) is 11.3 Å². The lowest BCUT2D eigenvalue weighted by molar-refractivity contribution is -0.139. The van der Waals surface area contributed by atoms with Crippen molar-refractivity contribution in [2.75, 3.05) is 0 Å². The van der Waals surface area contributed by atoms with Gasteiger partial charge in [-0.15, -0.1) is 0 Å². The monoisotopic (exact) mass is 253 g/mol. The second-order valence-electron chi connectivity index (χ2n) is 3.67. The van der Waals surface area contributed by atoms with Gasteiger partial charge in [0.15, 0.2) is 0 Å². The van der Waals surface area contributed by atoms with E-state index < -0.39 is 17.7 Å². The van der Waals surface area contributed by atoms with Crippen LogP contribution in [-0.4, -0.2) is 23.8 Å². The van der Waals surface area contributed by atoms with E-state index in [-0.39, 0.29) is 6.04 Å². The molecular formula is C10H11N3O3S. The number of rotatable bonds is 2. The molecule has 1 saturated carbocycles. The summed E-state index contributed by atoms with van der Waals surface area (Å²) in [5, 5.41) is 5.90. The van der Waals surface area contributed by atoms with Crippen LogP contribution in [0.3, 0.4) is 0 Å². The zero-order valence-electron chi connectivity index (χ0n) is 8.86. The number of hydrazine groups is 1. The van der Waals surface area contributed by atoms with Gasteiger partial charge < -0.3 is 5.32 Å². The molecule has 1 heterocycles. The molecule has 0 saturated heterocycles. The van der Waals surface area contributed by atoms with Crippen LogP contribution in [0.2, 0.25) is 0 Å². The van der Waals surface area contributed by atoms with Gasteiger partial charge in [-0.05, 0) is 24.3 Å². The first-order valence-electron chi connectivity index (χ1n) is 5.10. The van der Waals surface area contributed by atoms with Crippen molar-refractivity contribution in [3.63, 3.8) is 0 Å². The Labute approximate surface area is 101 Å². The molecule has 1 aromatic rings. The van der Waals surface area contributed by atoms with Crippen molar-refractivity contribution in [1.29, 1.82) is 0 Å². The molecule has 0 aliphatic heterocycles. The fraction of sp³-hybridized carbons (Fsp3) is 0.300. The number of carbonyl (C=O) groups is 3. The fourth-order valence-electron chi connectivity index (χ4n) is 1.11. The maximum atomic E-state index is 11.4. The molecule has 0 bridgehead atoms. The average molecular weight is 253 g/mol. The molecule has 1 aromatic heterocycles. The minimum atomic E-state index is -0.861. The van der Waals surface area contributed by atoms with Crippen LogP contribution < -0.4 is 16.2 Å². The first-order valence-corrected chi connectivity index (χ1v) is 6.04. The summed E-state index contributed by atoms with van der Waals surface area (Å²) < 4.78 is 0. The summed E-state index contributed by atoms with van der Waals surface area (Å²) in [6.45, 7) is 0. The highest BCUT2D eigenvalue weighted by Crippen LogP contribution is 2.18. The molecule has 0 spiro atoms. The van der Waals surface area contributed by atoms with Gasteiger partial charge in [0, 0.05) is 11.4 Å². The minimum absolute atomic E-state index is 0.112. The Morgan fingerprint density at radius 3 is 2.53 bits per heavy atom. The summed E-state index contributed by atoms with van der Waals surface area (Å²) >= 11 is 1.37. The number of carbonyl (C=O) groups excluding carboxylic acids is 3. The van der Waals surface area contributed by atoms with Crippen molar-refractivity contribution in [1.82, 2.24) is 16.2 Å². The zero-order valence-corrected chi connectivity index (χ0v) is 9.67. The van der Waals surface area contributed by atoms with Crippen LogP contribution in [0, 0.1) is 0 Å². The largest absolute Gasteiger partial charge is 0.345 e. The normalized spacial score (nSPS) is 13.9. The highest BCUT2D eigenvalue weighted by Gasteiger charge is 2.26. The Morgan fingerprint density at radius 2 is 1.94 bits per heavy atom. The zero-order chi connectivity index (χ0) is 12.3. The van der Waals surface area contributed by atoms with E-state index in [1.807, 2.05) is 0 Å². The van der Waals surface area contributed by atoms with Crippen molar-refractivity contribution < 1.29 is 14.4 Å². The van der Waals surface area contributed by atoms with Gasteiger partial charge in [-0.25, -0.2) is 0 Å². The van der Waals surface area contributed by atoms with Crippen molar-refractivity contribution in [2.24, 2.45) is 0 Å². The lowest BCUT2D eigenvalue weighted by Crippen LogP contribution is -2.48. The van der Waals surface area contributed by atoms with Crippen LogP contribution in [0.1, 0.15) is 23.2 Å². The quantitative estimate of drug-likeness (QED) is 0.503. The molecule has 90 valence electrons. The van der Waals surface area contributed by atoms with Gasteiger partial charge in [-0.3, -0.25) is 25.2 Å². The molecule has 1 aliphatic rings. The Bertz CT molecular complexity index is 440. The minimum Gasteiger partial charge on any atom is -0.345 e. The highest BCUT2D eigenvalue weighted by molar-refractivity contribution is 7.08. The van der Waals surface area contributed by atoms with Gasteiger partial charge in [0.25, 0.3) is 5.91 Å². The van der Waals surface area contributed by atoms with Crippen LogP contribution in [0.5, 0.6) is 0 Å². The SMILES string of the molecule is O=C(NNC(=O)c1ccsc1)C(=O)NC1CC1. The maximum absolute atomic E-state index is 11.4. The van der Waals surface area contributed by atoms with E-state index in [0.717, 1.165) is 12.8 Å². The molecule has 7 heteroatoms. The molecule has 3 N–H and O–H groups in total. The van der Waals surface area contributed by atoms with Crippen molar-refractivity contribution in [2.45, 2.75) is 18.9 Å². The molecule has 2 rings (SSSR count). The van der Waals surface area contributed by atoms with E-state index in [2.05, 4.69) is 16.2 Å². The molecule has 0 radical (unpaired) electrons. The fourth-order valence-corrected chi connectivity index (χ4v) is 1.75. The summed E-state index contributed by atoms with van der Waals surface area (Å²) in [6.07, 6.45) is 1.81. The van der Waals surface area contributed by atoms with Crippen LogP contribution >= 0.6 is 11.3 Å². The second-order valence-corrected chi connectivity index (χ2v) is 4.45. The van der Waals surface area contributed by atoms with Crippen molar-refractivity contribution >= 4 is 29.1 Å². The van der Waals surface area contributed by atoms with Crippen LogP contribution in [-0.2, 0) is 9.59 Å². The molecule has 1 fully saturated rings. The van der Waals surface area contributed by atoms with E-state index in [0.29, 0.717) is 5.56 Å². The Balaban J connectivity index is 1.75. The number of amides is 3. The topological polar surface area (TPSA) is 87.3 Å². The van der Waals surface area contributed by atoms with Crippen molar-refractivity contribution in [3.05, 3.63) is 22.4 Å². The summed E-state index contributed by atoms with van der Waals surface area (Å²) in [6, 6.07) is 1.73. The lowest BCUT2D eigenvalue weighted by atomic mass is 10.3. The van der Waals surface area contributed by atoms with E-state index in [1.165, 1.54) is 11.3 Å². The van der Waals surface area contributed by atoms with Crippen molar-refractivity contribution in [3.8, 4) is 0 Å². The van der Waals surface area contributed by atoms with Crippen LogP contribution in [0.15, 0.2) is 16.8 Å². The number of hydrogen-bond donors (Lipinski definition) is 3. The van der Waals surface area contributed by atoms with Crippen LogP contribution in [0.4, 0.5) is 0 Å². The molecule has 17 heavy (non-hydrogen) atoms. The van der Waals surface area contributed by atoms with Gasteiger partial charge in [0.2, 0.25) is 0 Å². The highest BCUT2D eigenvalue weighted by atomic mass is 32.1. The smallest absolute Gasteiger partial charge is 0.327 e. The van der Waals surface area contributed by atoms with E-state index in [4.69, 9.17) is 0 Å². The van der Waals surface area contributed by atoms with Gasteiger partial charge >= 0.3 is 11.8 Å². The number of thiophene rings is 1. The molecule has 3 amide bonds. The third-order valence-corrected chi connectivity index (χ3v) is 2.87. The predicted octanol–water partition coefficient (Wildman–Crippen LogP) is -0.212. The summed E-state index contributed by atoms with van der Waals surface area (Å²) in [5.41, 5.74) is 4.67. The molecule has 0 atom stereocenters. The molecular weight excluding hydrogens is 242 g/mol. The van der Waals surface area contributed by atoms with Crippen LogP contribution in [0.25, 0.3) is 0 Å². The third-order valence-electron chi connectivity index (χ3n) is 2.19. The van der Waals surface area contributed by atoms with E-state index in [9.17, 15) is 14.4 Å². The Morgan fingerprint density at radius 1 is 1.18 bits per heavy atom. The first kappa shape index (κ1) is 11.6. The number of nitrogens with one attached hydrogen (secondary N) is 3. The average Bonchev–Trinajstić information content (AvgIpc) is 2.96. The summed E-state index contributed by atoms with van der Waals surface area (Å²) in [5.74, 6) is -2.03. The van der Waals surface area contributed by atoms with Gasteiger partial charge in [0.05, 0.1) is 5.56 Å². The van der Waals surface area contributed by atoms with E-state index in [1.54, 1.807) is 16.8 Å². The summed E-state index contributed by atoms with van der Waals surface area (Å²) in [7, 11) is 0.